The van der Waals surface area contributed by atoms with Gasteiger partial charge in [-0.1, -0.05) is 57.2 Å². The standard InChI is InChI=1S/C27H34N2O4/c1-5-17-33-21-13-10-12-20(18-21)25(30)23-24(22-14-9-8-11-19(22)4)29(27(32)26(23)31)16-15-28(6-2)7-3/h8-14,18,24,30H,5-7,15-17H2,1-4H3/b25-23+. The smallest absolute Gasteiger partial charge is 0.295 e. The molecule has 1 aliphatic rings. The summed E-state index contributed by atoms with van der Waals surface area (Å²) >= 11 is 0. The highest BCUT2D eigenvalue weighted by Gasteiger charge is 2.46. The third kappa shape index (κ3) is 5.28. The van der Waals surface area contributed by atoms with Crippen LogP contribution in [-0.4, -0.2) is 59.4 Å². The van der Waals surface area contributed by atoms with E-state index in [-0.39, 0.29) is 11.3 Å². The largest absolute Gasteiger partial charge is 0.507 e. The Morgan fingerprint density at radius 3 is 2.45 bits per heavy atom. The fraction of sp³-hybridized carbons (Fsp3) is 0.407. The number of hydrogen-bond donors (Lipinski definition) is 1. The van der Waals surface area contributed by atoms with Crippen molar-refractivity contribution in [3.63, 3.8) is 0 Å². The van der Waals surface area contributed by atoms with Crippen LogP contribution in [0.2, 0.25) is 0 Å². The number of rotatable bonds is 10. The van der Waals surface area contributed by atoms with Crippen LogP contribution in [0.4, 0.5) is 0 Å². The number of ether oxygens (including phenoxy) is 1. The summed E-state index contributed by atoms with van der Waals surface area (Å²) in [5.41, 5.74) is 2.39. The minimum Gasteiger partial charge on any atom is -0.507 e. The zero-order valence-corrected chi connectivity index (χ0v) is 20.0. The SMILES string of the molecule is CCCOc1cccc(/C(O)=C2\C(=O)C(=O)N(CCN(CC)CC)C2c2ccccc2C)c1. The first kappa shape index (κ1) is 24.5. The summed E-state index contributed by atoms with van der Waals surface area (Å²) in [5, 5.41) is 11.3. The highest BCUT2D eigenvalue weighted by molar-refractivity contribution is 6.46. The molecule has 2 aromatic carbocycles. The molecule has 1 fully saturated rings. The average Bonchev–Trinajstić information content (AvgIpc) is 3.08. The maximum atomic E-state index is 13.2. The number of carbonyl (C=O) groups is 2. The van der Waals surface area contributed by atoms with Gasteiger partial charge in [0.25, 0.3) is 11.7 Å². The minimum atomic E-state index is -0.653. The summed E-state index contributed by atoms with van der Waals surface area (Å²) in [6.45, 7) is 11.5. The number of aliphatic hydroxyl groups excluding tert-OH is 1. The predicted molar refractivity (Wildman–Crippen MR) is 130 cm³/mol. The van der Waals surface area contributed by atoms with Crippen molar-refractivity contribution in [1.29, 1.82) is 0 Å². The van der Waals surface area contributed by atoms with Crippen molar-refractivity contribution in [2.75, 3.05) is 32.8 Å². The molecule has 0 aliphatic carbocycles. The van der Waals surface area contributed by atoms with E-state index in [9.17, 15) is 14.7 Å². The average molecular weight is 451 g/mol. The minimum absolute atomic E-state index is 0.126. The number of amides is 1. The first-order valence-electron chi connectivity index (χ1n) is 11.7. The van der Waals surface area contributed by atoms with Gasteiger partial charge in [-0.15, -0.1) is 0 Å². The fourth-order valence-electron chi connectivity index (χ4n) is 4.23. The van der Waals surface area contributed by atoms with Crippen LogP contribution in [0.25, 0.3) is 5.76 Å². The van der Waals surface area contributed by atoms with Gasteiger partial charge in [0.15, 0.2) is 0 Å². The summed E-state index contributed by atoms with van der Waals surface area (Å²) in [7, 11) is 0. The molecule has 6 nitrogen and oxygen atoms in total. The van der Waals surface area contributed by atoms with Gasteiger partial charge in [0, 0.05) is 18.7 Å². The molecule has 2 aromatic rings. The van der Waals surface area contributed by atoms with Gasteiger partial charge < -0.3 is 19.6 Å². The molecule has 0 bridgehead atoms. The first-order chi connectivity index (χ1) is 15.9. The lowest BCUT2D eigenvalue weighted by Crippen LogP contribution is -2.38. The van der Waals surface area contributed by atoms with E-state index in [1.165, 1.54) is 0 Å². The van der Waals surface area contributed by atoms with Crippen LogP contribution in [-0.2, 0) is 9.59 Å². The molecule has 0 radical (unpaired) electrons. The number of likely N-dealkylation sites (tertiary alicyclic amines) is 1. The quantitative estimate of drug-likeness (QED) is 0.327. The lowest BCUT2D eigenvalue weighted by molar-refractivity contribution is -0.140. The number of ketones is 1. The summed E-state index contributed by atoms with van der Waals surface area (Å²) < 4.78 is 5.70. The molecule has 1 saturated heterocycles. The van der Waals surface area contributed by atoms with E-state index in [1.807, 2.05) is 44.2 Å². The van der Waals surface area contributed by atoms with Crippen molar-refractivity contribution in [3.8, 4) is 5.75 Å². The summed E-state index contributed by atoms with van der Waals surface area (Å²) in [6.07, 6.45) is 0.862. The van der Waals surface area contributed by atoms with Crippen molar-refractivity contribution in [1.82, 2.24) is 9.80 Å². The molecule has 3 rings (SSSR count). The zero-order chi connectivity index (χ0) is 24.0. The van der Waals surface area contributed by atoms with Gasteiger partial charge in [0.1, 0.15) is 11.5 Å². The molecule has 1 N–H and O–H groups in total. The Morgan fingerprint density at radius 1 is 1.06 bits per heavy atom. The van der Waals surface area contributed by atoms with E-state index in [0.717, 1.165) is 30.6 Å². The number of likely N-dealkylation sites (N-methyl/N-ethyl adjacent to an activating group) is 1. The second kappa shape index (κ2) is 11.1. The Bertz CT molecular complexity index is 1030. The maximum Gasteiger partial charge on any atom is 0.295 e. The molecule has 1 amide bonds. The van der Waals surface area contributed by atoms with Crippen molar-refractivity contribution in [2.45, 2.75) is 40.2 Å². The van der Waals surface area contributed by atoms with Gasteiger partial charge in [-0.25, -0.2) is 0 Å². The number of benzene rings is 2. The Kier molecular flexibility index (Phi) is 8.28. The van der Waals surface area contributed by atoms with E-state index in [0.29, 0.717) is 31.0 Å². The Hall–Kier alpha value is -3.12. The van der Waals surface area contributed by atoms with E-state index in [2.05, 4.69) is 18.7 Å². The van der Waals surface area contributed by atoms with E-state index >= 15 is 0 Å². The molecule has 6 heteroatoms. The van der Waals surface area contributed by atoms with E-state index in [4.69, 9.17) is 4.74 Å². The van der Waals surface area contributed by atoms with Crippen molar-refractivity contribution in [2.24, 2.45) is 0 Å². The van der Waals surface area contributed by atoms with Gasteiger partial charge in [-0.2, -0.15) is 0 Å². The molecule has 0 spiro atoms. The van der Waals surface area contributed by atoms with Crippen LogP contribution in [0.3, 0.4) is 0 Å². The highest BCUT2D eigenvalue weighted by atomic mass is 16.5. The fourth-order valence-corrected chi connectivity index (χ4v) is 4.23. The van der Waals surface area contributed by atoms with Crippen LogP contribution in [0.1, 0.15) is 49.9 Å². The summed E-state index contributed by atoms with van der Waals surface area (Å²) in [5.74, 6) is -0.784. The van der Waals surface area contributed by atoms with Gasteiger partial charge in [-0.05, 0) is 49.7 Å². The van der Waals surface area contributed by atoms with Crippen LogP contribution >= 0.6 is 0 Å². The Balaban J connectivity index is 2.09. The summed E-state index contributed by atoms with van der Waals surface area (Å²) in [6, 6.07) is 14.1. The normalized spacial score (nSPS) is 17.7. The monoisotopic (exact) mass is 450 g/mol. The molecular weight excluding hydrogens is 416 g/mol. The van der Waals surface area contributed by atoms with E-state index in [1.54, 1.807) is 23.1 Å². The number of aryl methyl sites for hydroxylation is 1. The van der Waals surface area contributed by atoms with Gasteiger partial charge in [0.05, 0.1) is 18.2 Å². The van der Waals surface area contributed by atoms with Crippen molar-refractivity contribution >= 4 is 17.4 Å². The second-order valence-corrected chi connectivity index (χ2v) is 8.25. The van der Waals surface area contributed by atoms with Gasteiger partial charge in [-0.3, -0.25) is 9.59 Å². The Morgan fingerprint density at radius 2 is 1.79 bits per heavy atom. The van der Waals surface area contributed by atoms with E-state index < -0.39 is 17.7 Å². The second-order valence-electron chi connectivity index (χ2n) is 8.25. The Labute approximate surface area is 196 Å². The van der Waals surface area contributed by atoms with Gasteiger partial charge >= 0.3 is 0 Å². The lowest BCUT2D eigenvalue weighted by atomic mass is 9.92. The maximum absolute atomic E-state index is 13.2. The molecule has 1 heterocycles. The van der Waals surface area contributed by atoms with Gasteiger partial charge in [0.2, 0.25) is 0 Å². The molecule has 1 aliphatic heterocycles. The molecular formula is C27H34N2O4. The number of Topliss-reactive ketones (excluding diaryl/α,β-unsaturated/α-hetero) is 1. The first-order valence-corrected chi connectivity index (χ1v) is 11.7. The molecule has 1 atom stereocenters. The van der Waals surface area contributed by atoms with Crippen LogP contribution in [0.5, 0.6) is 5.75 Å². The van der Waals surface area contributed by atoms with Crippen molar-refractivity contribution < 1.29 is 19.4 Å². The molecule has 1 unspecified atom stereocenters. The molecule has 0 saturated carbocycles. The third-order valence-electron chi connectivity index (χ3n) is 6.15. The number of aliphatic hydroxyl groups is 1. The van der Waals surface area contributed by atoms with Crippen LogP contribution < -0.4 is 4.74 Å². The predicted octanol–water partition coefficient (Wildman–Crippen LogP) is 4.55. The number of hydrogen-bond acceptors (Lipinski definition) is 5. The topological polar surface area (TPSA) is 70.1 Å². The third-order valence-corrected chi connectivity index (χ3v) is 6.15. The van der Waals surface area contributed by atoms with Crippen molar-refractivity contribution in [3.05, 3.63) is 70.8 Å². The number of carbonyl (C=O) groups excluding carboxylic acids is 2. The molecule has 176 valence electrons. The number of nitrogens with zero attached hydrogens (tertiary/aromatic N) is 2. The zero-order valence-electron chi connectivity index (χ0n) is 20.0. The molecule has 33 heavy (non-hydrogen) atoms. The summed E-state index contributed by atoms with van der Waals surface area (Å²) in [4.78, 5) is 30.2. The highest BCUT2D eigenvalue weighted by Crippen LogP contribution is 2.40. The lowest BCUT2D eigenvalue weighted by Gasteiger charge is -2.29. The van der Waals surface area contributed by atoms with Crippen LogP contribution in [0, 0.1) is 6.92 Å². The van der Waals surface area contributed by atoms with Crippen LogP contribution in [0.15, 0.2) is 54.1 Å². The molecule has 0 aromatic heterocycles.